The Kier molecular flexibility index (Phi) is 10.3. The summed E-state index contributed by atoms with van der Waals surface area (Å²) in [5, 5.41) is 6.55. The van der Waals surface area contributed by atoms with Crippen LogP contribution in [-0.4, -0.2) is 97.0 Å². The molecule has 0 saturated carbocycles. The highest BCUT2D eigenvalue weighted by atomic mass is 32.2. The Bertz CT molecular complexity index is 490. The molecule has 1 fully saturated rings. The summed E-state index contributed by atoms with van der Waals surface area (Å²) >= 11 is 0. The summed E-state index contributed by atoms with van der Waals surface area (Å²) in [6.07, 6.45) is 1.21. The molecule has 1 aliphatic rings. The Labute approximate surface area is 152 Å². The smallest absolute Gasteiger partial charge is 0.191 e. The summed E-state index contributed by atoms with van der Waals surface area (Å²) in [7, 11) is -1.23. The van der Waals surface area contributed by atoms with Crippen LogP contribution >= 0.6 is 0 Å². The third-order valence-corrected chi connectivity index (χ3v) is 5.03. The molecule has 8 nitrogen and oxygen atoms in total. The summed E-state index contributed by atoms with van der Waals surface area (Å²) < 4.78 is 32.8. The van der Waals surface area contributed by atoms with Gasteiger partial charge in [-0.25, -0.2) is 8.42 Å². The fourth-order valence-corrected chi connectivity index (χ4v) is 3.09. The maximum Gasteiger partial charge on any atom is 0.191 e. The van der Waals surface area contributed by atoms with Crippen molar-refractivity contribution < 1.29 is 17.9 Å². The van der Waals surface area contributed by atoms with Crippen molar-refractivity contribution in [3.8, 4) is 0 Å². The number of morpholine rings is 1. The quantitative estimate of drug-likeness (QED) is 0.303. The Hall–Kier alpha value is -0.900. The van der Waals surface area contributed by atoms with Gasteiger partial charge in [-0.2, -0.15) is 0 Å². The van der Waals surface area contributed by atoms with Crippen molar-refractivity contribution in [1.82, 2.24) is 15.5 Å². The topological polar surface area (TPSA) is 92.3 Å². The monoisotopic (exact) mass is 378 g/mol. The second-order valence-corrected chi connectivity index (χ2v) is 8.84. The van der Waals surface area contributed by atoms with Crippen LogP contribution in [0.4, 0.5) is 0 Å². The molecule has 148 valence electrons. The lowest BCUT2D eigenvalue weighted by molar-refractivity contribution is 0.00751. The molecule has 1 atom stereocenters. The number of nitrogens with zero attached hydrogens (tertiary/aromatic N) is 2. The van der Waals surface area contributed by atoms with E-state index in [1.807, 2.05) is 0 Å². The number of nitrogens with one attached hydrogen (secondary N) is 2. The molecule has 0 aromatic rings. The third-order valence-electron chi connectivity index (χ3n) is 4.12. The molecule has 1 unspecified atom stereocenters. The summed E-state index contributed by atoms with van der Waals surface area (Å²) in [5.74, 6) is 1.31. The Morgan fingerprint density at radius 1 is 1.24 bits per heavy atom. The van der Waals surface area contributed by atoms with Gasteiger partial charge < -0.3 is 20.1 Å². The molecule has 2 N–H and O–H groups in total. The van der Waals surface area contributed by atoms with E-state index >= 15 is 0 Å². The van der Waals surface area contributed by atoms with Gasteiger partial charge in [-0.1, -0.05) is 13.8 Å². The number of hydrogen-bond donors (Lipinski definition) is 2. The standard InChI is InChI=1S/C16H34N4O4S/c1-14(2)15(20-6-9-24-10-7-20)13-19-16(17-3)18-5-8-23-11-12-25(4,21)22/h14-15H,5-13H2,1-4H3,(H2,17,18,19). The van der Waals surface area contributed by atoms with E-state index in [4.69, 9.17) is 9.47 Å². The van der Waals surface area contributed by atoms with Crippen molar-refractivity contribution in [2.75, 3.05) is 71.7 Å². The van der Waals surface area contributed by atoms with Crippen LogP contribution in [0.5, 0.6) is 0 Å². The van der Waals surface area contributed by atoms with E-state index in [1.165, 1.54) is 6.26 Å². The number of hydrogen-bond acceptors (Lipinski definition) is 6. The highest BCUT2D eigenvalue weighted by Crippen LogP contribution is 2.12. The lowest BCUT2D eigenvalue weighted by atomic mass is 10.0. The molecule has 0 bridgehead atoms. The van der Waals surface area contributed by atoms with Crippen LogP contribution in [0.3, 0.4) is 0 Å². The molecule has 1 saturated heterocycles. The predicted molar refractivity (Wildman–Crippen MR) is 101 cm³/mol. The van der Waals surface area contributed by atoms with Gasteiger partial charge in [0.2, 0.25) is 0 Å². The van der Waals surface area contributed by atoms with Crippen LogP contribution in [-0.2, 0) is 19.3 Å². The van der Waals surface area contributed by atoms with Gasteiger partial charge in [0, 0.05) is 45.5 Å². The van der Waals surface area contributed by atoms with Crippen molar-refractivity contribution >= 4 is 15.8 Å². The molecular weight excluding hydrogens is 344 g/mol. The second kappa shape index (κ2) is 11.7. The SMILES string of the molecule is CN=C(NCCOCCS(C)(=O)=O)NCC(C(C)C)N1CCOCC1. The largest absolute Gasteiger partial charge is 0.379 e. The summed E-state index contributed by atoms with van der Waals surface area (Å²) in [4.78, 5) is 6.68. The first-order valence-corrected chi connectivity index (χ1v) is 10.9. The zero-order valence-electron chi connectivity index (χ0n) is 16.0. The highest BCUT2D eigenvalue weighted by molar-refractivity contribution is 7.90. The minimum absolute atomic E-state index is 0.0512. The van der Waals surface area contributed by atoms with Crippen LogP contribution in [0.2, 0.25) is 0 Å². The fraction of sp³-hybridized carbons (Fsp3) is 0.938. The average molecular weight is 379 g/mol. The van der Waals surface area contributed by atoms with E-state index in [2.05, 4.69) is 34.4 Å². The molecule has 0 aliphatic carbocycles. The molecule has 0 aromatic heterocycles. The van der Waals surface area contributed by atoms with Gasteiger partial charge in [-0.05, 0) is 5.92 Å². The van der Waals surface area contributed by atoms with Crippen molar-refractivity contribution in [3.05, 3.63) is 0 Å². The van der Waals surface area contributed by atoms with Gasteiger partial charge in [0.25, 0.3) is 0 Å². The van der Waals surface area contributed by atoms with E-state index in [0.29, 0.717) is 25.1 Å². The van der Waals surface area contributed by atoms with Gasteiger partial charge >= 0.3 is 0 Å². The number of guanidine groups is 1. The Balaban J connectivity index is 2.27. The van der Waals surface area contributed by atoms with E-state index < -0.39 is 9.84 Å². The highest BCUT2D eigenvalue weighted by Gasteiger charge is 2.23. The fourth-order valence-electron chi connectivity index (χ4n) is 2.67. The van der Waals surface area contributed by atoms with Gasteiger partial charge in [0.1, 0.15) is 9.84 Å². The van der Waals surface area contributed by atoms with Crippen molar-refractivity contribution in [2.45, 2.75) is 19.9 Å². The molecule has 0 aromatic carbocycles. The molecule has 25 heavy (non-hydrogen) atoms. The lowest BCUT2D eigenvalue weighted by Gasteiger charge is -2.37. The minimum atomic E-state index is -2.96. The van der Waals surface area contributed by atoms with Crippen LogP contribution < -0.4 is 10.6 Å². The Morgan fingerprint density at radius 2 is 1.92 bits per heavy atom. The number of ether oxygens (including phenoxy) is 2. The summed E-state index contributed by atoms with van der Waals surface area (Å²) in [6, 6.07) is 0.425. The van der Waals surface area contributed by atoms with Gasteiger partial charge in [-0.15, -0.1) is 0 Å². The molecule has 1 heterocycles. The zero-order valence-corrected chi connectivity index (χ0v) is 16.8. The van der Waals surface area contributed by atoms with Crippen molar-refractivity contribution in [1.29, 1.82) is 0 Å². The Morgan fingerprint density at radius 3 is 2.48 bits per heavy atom. The number of aliphatic imine (C=N–C) groups is 1. The molecule has 0 amide bonds. The zero-order chi connectivity index (χ0) is 18.7. The summed E-state index contributed by atoms with van der Waals surface area (Å²) in [6.45, 7) is 10.0. The maximum atomic E-state index is 11.0. The third kappa shape index (κ3) is 9.98. The average Bonchev–Trinajstić information content (AvgIpc) is 2.56. The number of sulfone groups is 1. The van der Waals surface area contributed by atoms with Crippen LogP contribution in [0, 0.1) is 5.92 Å². The number of rotatable bonds is 10. The van der Waals surface area contributed by atoms with Gasteiger partial charge in [0.15, 0.2) is 5.96 Å². The van der Waals surface area contributed by atoms with Crippen LogP contribution in [0.1, 0.15) is 13.8 Å². The normalized spacial score (nSPS) is 18.4. The molecule has 1 aliphatic heterocycles. The minimum Gasteiger partial charge on any atom is -0.379 e. The van der Waals surface area contributed by atoms with Gasteiger partial charge in [0.05, 0.1) is 32.2 Å². The molecular formula is C16H34N4O4S. The summed E-state index contributed by atoms with van der Waals surface area (Å²) in [5.41, 5.74) is 0. The van der Waals surface area contributed by atoms with Crippen molar-refractivity contribution in [3.63, 3.8) is 0 Å². The second-order valence-electron chi connectivity index (χ2n) is 6.58. The lowest BCUT2D eigenvalue weighted by Crippen LogP contribution is -2.52. The van der Waals surface area contributed by atoms with E-state index in [-0.39, 0.29) is 12.4 Å². The first-order chi connectivity index (χ1) is 11.8. The maximum absolute atomic E-state index is 11.0. The van der Waals surface area contributed by atoms with E-state index in [0.717, 1.165) is 38.8 Å². The first kappa shape index (κ1) is 22.1. The molecule has 0 radical (unpaired) electrons. The predicted octanol–water partition coefficient (Wildman–Crippen LogP) is -0.431. The first-order valence-electron chi connectivity index (χ1n) is 8.85. The molecule has 0 spiro atoms. The molecule has 1 rings (SSSR count). The van der Waals surface area contributed by atoms with Crippen LogP contribution in [0.15, 0.2) is 4.99 Å². The molecule has 9 heteroatoms. The van der Waals surface area contributed by atoms with Crippen LogP contribution in [0.25, 0.3) is 0 Å². The van der Waals surface area contributed by atoms with E-state index in [9.17, 15) is 8.42 Å². The van der Waals surface area contributed by atoms with Gasteiger partial charge in [-0.3, -0.25) is 9.89 Å². The van der Waals surface area contributed by atoms with Crippen molar-refractivity contribution in [2.24, 2.45) is 10.9 Å². The van der Waals surface area contributed by atoms with E-state index in [1.54, 1.807) is 7.05 Å².